The highest BCUT2D eigenvalue weighted by atomic mass is 16.5. The maximum atomic E-state index is 5.97. The fourth-order valence-electron chi connectivity index (χ4n) is 2.22. The second-order valence-electron chi connectivity index (χ2n) is 6.13. The average Bonchev–Trinajstić information content (AvgIpc) is 2.64. The summed E-state index contributed by atoms with van der Waals surface area (Å²) < 4.78 is 11.6. The van der Waals surface area contributed by atoms with E-state index in [9.17, 15) is 0 Å². The van der Waals surface area contributed by atoms with Crippen molar-refractivity contribution < 1.29 is 9.47 Å². The van der Waals surface area contributed by atoms with Crippen LogP contribution in [0, 0.1) is 5.92 Å². The van der Waals surface area contributed by atoms with Gasteiger partial charge in [0.15, 0.2) is 0 Å². The third-order valence-electron chi connectivity index (χ3n) is 4.02. The minimum Gasteiger partial charge on any atom is -0.493 e. The zero-order chi connectivity index (χ0) is 17.2. The number of nitrogens with zero attached hydrogens (tertiary/aromatic N) is 2. The first-order valence-electron chi connectivity index (χ1n) is 8.93. The third kappa shape index (κ3) is 5.52. The van der Waals surface area contributed by atoms with E-state index in [2.05, 4.69) is 31.0 Å². The SMILES string of the molecule is CCCCCOc1ccc(-c2ccccc2OCC(C)CC)nn1. The molecule has 0 spiro atoms. The fourth-order valence-corrected chi connectivity index (χ4v) is 2.22. The van der Waals surface area contributed by atoms with Gasteiger partial charge in [0, 0.05) is 11.6 Å². The van der Waals surface area contributed by atoms with Gasteiger partial charge in [0.2, 0.25) is 5.88 Å². The molecule has 0 aliphatic carbocycles. The van der Waals surface area contributed by atoms with Crippen molar-refractivity contribution in [3.63, 3.8) is 0 Å². The van der Waals surface area contributed by atoms with Crippen molar-refractivity contribution in [2.75, 3.05) is 13.2 Å². The van der Waals surface area contributed by atoms with Gasteiger partial charge < -0.3 is 9.47 Å². The molecule has 0 saturated heterocycles. The Kier molecular flexibility index (Phi) is 7.53. The van der Waals surface area contributed by atoms with Gasteiger partial charge in [-0.3, -0.25) is 0 Å². The molecule has 1 unspecified atom stereocenters. The summed E-state index contributed by atoms with van der Waals surface area (Å²) in [6, 6.07) is 11.8. The maximum absolute atomic E-state index is 5.97. The molecule has 0 aliphatic rings. The second-order valence-corrected chi connectivity index (χ2v) is 6.13. The molecular formula is C20H28N2O2. The summed E-state index contributed by atoms with van der Waals surface area (Å²) >= 11 is 0. The first-order chi connectivity index (χ1) is 11.7. The number of ether oxygens (including phenoxy) is 2. The zero-order valence-electron chi connectivity index (χ0n) is 15.0. The van der Waals surface area contributed by atoms with Crippen LogP contribution < -0.4 is 9.47 Å². The monoisotopic (exact) mass is 328 g/mol. The van der Waals surface area contributed by atoms with Gasteiger partial charge in [0.05, 0.1) is 18.9 Å². The van der Waals surface area contributed by atoms with E-state index in [1.165, 1.54) is 12.8 Å². The predicted molar refractivity (Wildman–Crippen MR) is 97.4 cm³/mol. The van der Waals surface area contributed by atoms with E-state index in [0.717, 1.165) is 29.8 Å². The van der Waals surface area contributed by atoms with Crippen LogP contribution in [0.15, 0.2) is 36.4 Å². The molecule has 0 radical (unpaired) electrons. The summed E-state index contributed by atoms with van der Waals surface area (Å²) in [5.41, 5.74) is 1.77. The average molecular weight is 328 g/mol. The van der Waals surface area contributed by atoms with E-state index in [-0.39, 0.29) is 0 Å². The molecule has 0 saturated carbocycles. The standard InChI is InChI=1S/C20H28N2O2/c1-4-6-9-14-23-20-13-12-18(21-22-20)17-10-7-8-11-19(17)24-15-16(3)5-2/h7-8,10-13,16H,4-6,9,14-15H2,1-3H3. The molecular weight excluding hydrogens is 300 g/mol. The number of para-hydroxylation sites is 1. The zero-order valence-corrected chi connectivity index (χ0v) is 15.0. The Morgan fingerprint density at radius 3 is 2.50 bits per heavy atom. The van der Waals surface area contributed by atoms with Crippen molar-refractivity contribution in [2.45, 2.75) is 46.5 Å². The van der Waals surface area contributed by atoms with Crippen molar-refractivity contribution in [1.29, 1.82) is 0 Å². The van der Waals surface area contributed by atoms with Gasteiger partial charge >= 0.3 is 0 Å². The predicted octanol–water partition coefficient (Wildman–Crippen LogP) is 5.14. The van der Waals surface area contributed by atoms with Gasteiger partial charge in [0.1, 0.15) is 5.75 Å². The van der Waals surface area contributed by atoms with Gasteiger partial charge in [-0.25, -0.2) is 0 Å². The van der Waals surface area contributed by atoms with Crippen LogP contribution in [-0.2, 0) is 0 Å². The molecule has 2 rings (SSSR count). The number of benzene rings is 1. The Balaban J connectivity index is 2.03. The molecule has 1 aromatic heterocycles. The quantitative estimate of drug-likeness (QED) is 0.567. The van der Waals surface area contributed by atoms with Gasteiger partial charge in [0.25, 0.3) is 0 Å². The summed E-state index contributed by atoms with van der Waals surface area (Å²) in [6.07, 6.45) is 4.51. The van der Waals surface area contributed by atoms with E-state index >= 15 is 0 Å². The van der Waals surface area contributed by atoms with Crippen LogP contribution in [0.5, 0.6) is 11.6 Å². The van der Waals surface area contributed by atoms with Crippen molar-refractivity contribution in [1.82, 2.24) is 10.2 Å². The van der Waals surface area contributed by atoms with E-state index < -0.39 is 0 Å². The van der Waals surface area contributed by atoms with E-state index in [1.54, 1.807) is 0 Å². The highest BCUT2D eigenvalue weighted by Gasteiger charge is 2.09. The lowest BCUT2D eigenvalue weighted by Gasteiger charge is -2.14. The fraction of sp³-hybridized carbons (Fsp3) is 0.500. The van der Waals surface area contributed by atoms with Crippen LogP contribution in [-0.4, -0.2) is 23.4 Å². The van der Waals surface area contributed by atoms with Crippen LogP contribution in [0.2, 0.25) is 0 Å². The van der Waals surface area contributed by atoms with Crippen LogP contribution in [0.4, 0.5) is 0 Å². The molecule has 4 nitrogen and oxygen atoms in total. The van der Waals surface area contributed by atoms with E-state index in [0.29, 0.717) is 25.0 Å². The summed E-state index contributed by atoms with van der Waals surface area (Å²) in [7, 11) is 0. The van der Waals surface area contributed by atoms with Gasteiger partial charge in [-0.15, -0.1) is 10.2 Å². The van der Waals surface area contributed by atoms with Crippen molar-refractivity contribution >= 4 is 0 Å². The van der Waals surface area contributed by atoms with Crippen molar-refractivity contribution in [3.05, 3.63) is 36.4 Å². The van der Waals surface area contributed by atoms with E-state index in [1.807, 2.05) is 36.4 Å². The number of rotatable bonds is 10. The molecule has 2 aromatic rings. The molecule has 4 heteroatoms. The lowest BCUT2D eigenvalue weighted by Crippen LogP contribution is -2.08. The van der Waals surface area contributed by atoms with Gasteiger partial charge in [-0.1, -0.05) is 52.2 Å². The molecule has 0 fully saturated rings. The van der Waals surface area contributed by atoms with Gasteiger partial charge in [-0.05, 0) is 30.5 Å². The summed E-state index contributed by atoms with van der Waals surface area (Å²) in [5, 5.41) is 8.48. The lowest BCUT2D eigenvalue weighted by atomic mass is 10.1. The minimum absolute atomic E-state index is 0.531. The Hall–Kier alpha value is -2.10. The lowest BCUT2D eigenvalue weighted by molar-refractivity contribution is 0.257. The largest absolute Gasteiger partial charge is 0.493 e. The van der Waals surface area contributed by atoms with Crippen LogP contribution in [0.25, 0.3) is 11.3 Å². The van der Waals surface area contributed by atoms with Gasteiger partial charge in [-0.2, -0.15) is 0 Å². The molecule has 0 N–H and O–H groups in total. The molecule has 0 amide bonds. The Morgan fingerprint density at radius 1 is 0.958 bits per heavy atom. The molecule has 130 valence electrons. The Bertz CT molecular complexity index is 599. The first-order valence-corrected chi connectivity index (χ1v) is 8.93. The normalized spacial score (nSPS) is 12.0. The summed E-state index contributed by atoms with van der Waals surface area (Å²) in [4.78, 5) is 0. The number of aromatic nitrogens is 2. The minimum atomic E-state index is 0.531. The highest BCUT2D eigenvalue weighted by Crippen LogP contribution is 2.29. The first kappa shape index (κ1) is 18.2. The van der Waals surface area contributed by atoms with Crippen LogP contribution >= 0.6 is 0 Å². The number of hydrogen-bond acceptors (Lipinski definition) is 4. The molecule has 1 heterocycles. The summed E-state index contributed by atoms with van der Waals surface area (Å²) in [5.74, 6) is 1.96. The smallest absolute Gasteiger partial charge is 0.233 e. The number of unbranched alkanes of at least 4 members (excludes halogenated alkanes) is 2. The molecule has 0 aliphatic heterocycles. The Labute approximate surface area is 145 Å². The van der Waals surface area contributed by atoms with Crippen molar-refractivity contribution in [3.8, 4) is 22.9 Å². The number of hydrogen-bond donors (Lipinski definition) is 0. The summed E-state index contributed by atoms with van der Waals surface area (Å²) in [6.45, 7) is 7.93. The molecule has 1 atom stereocenters. The Morgan fingerprint density at radius 2 is 1.79 bits per heavy atom. The maximum Gasteiger partial charge on any atom is 0.233 e. The third-order valence-corrected chi connectivity index (χ3v) is 4.02. The second kappa shape index (κ2) is 9.91. The van der Waals surface area contributed by atoms with Crippen LogP contribution in [0.1, 0.15) is 46.5 Å². The topological polar surface area (TPSA) is 44.2 Å². The molecule has 0 bridgehead atoms. The molecule has 1 aromatic carbocycles. The highest BCUT2D eigenvalue weighted by molar-refractivity contribution is 5.66. The van der Waals surface area contributed by atoms with E-state index in [4.69, 9.17) is 9.47 Å². The van der Waals surface area contributed by atoms with Crippen LogP contribution in [0.3, 0.4) is 0 Å². The molecule has 24 heavy (non-hydrogen) atoms. The van der Waals surface area contributed by atoms with Crippen molar-refractivity contribution in [2.24, 2.45) is 5.92 Å².